The third-order valence-electron chi connectivity index (χ3n) is 4.06. The zero-order valence-corrected chi connectivity index (χ0v) is 17.1. The summed E-state index contributed by atoms with van der Waals surface area (Å²) < 4.78 is 51.6. The van der Waals surface area contributed by atoms with E-state index in [4.69, 9.17) is 21.1 Å². The number of hydrazone groups is 1. The Kier molecular flexibility index (Phi) is 6.07. The van der Waals surface area contributed by atoms with Gasteiger partial charge in [0.05, 0.1) is 29.5 Å². The second kappa shape index (κ2) is 8.39. The van der Waals surface area contributed by atoms with Crippen LogP contribution in [0.5, 0.6) is 11.5 Å². The van der Waals surface area contributed by atoms with Crippen molar-refractivity contribution in [3.8, 4) is 11.5 Å². The number of methoxy groups -OCH3 is 1. The first-order valence-electron chi connectivity index (χ1n) is 8.93. The summed E-state index contributed by atoms with van der Waals surface area (Å²) in [6.07, 6.45) is -3.93. The van der Waals surface area contributed by atoms with Crippen LogP contribution in [0.3, 0.4) is 0 Å². The Morgan fingerprint density at radius 1 is 1.17 bits per heavy atom. The van der Waals surface area contributed by atoms with Crippen molar-refractivity contribution in [2.45, 2.75) is 26.1 Å². The van der Waals surface area contributed by atoms with Crippen molar-refractivity contribution in [1.82, 2.24) is 0 Å². The summed E-state index contributed by atoms with van der Waals surface area (Å²) in [7, 11) is 1.39. The number of halogens is 4. The first-order chi connectivity index (χ1) is 14.1. The van der Waals surface area contributed by atoms with Gasteiger partial charge in [-0.25, -0.2) is 0 Å². The minimum absolute atomic E-state index is 0.144. The molecule has 30 heavy (non-hydrogen) atoms. The van der Waals surface area contributed by atoms with Gasteiger partial charge in [0.25, 0.3) is 5.91 Å². The molecule has 0 radical (unpaired) electrons. The molecular weight excluding hydrogens is 421 g/mol. The molecule has 1 heterocycles. The number of carbonyl (C=O) groups excluding carboxylic acids is 1. The highest BCUT2D eigenvalue weighted by Gasteiger charge is 2.46. The van der Waals surface area contributed by atoms with Gasteiger partial charge in [-0.15, -0.1) is 0 Å². The molecule has 0 aromatic heterocycles. The number of benzene rings is 2. The highest BCUT2D eigenvalue weighted by Crippen LogP contribution is 2.39. The largest absolute Gasteiger partial charge is 0.493 e. The van der Waals surface area contributed by atoms with Crippen LogP contribution in [0.15, 0.2) is 53.1 Å². The maximum atomic E-state index is 13.6. The quantitative estimate of drug-likeness (QED) is 0.580. The molecule has 158 valence electrons. The predicted molar refractivity (Wildman–Crippen MR) is 109 cm³/mol. The zero-order chi connectivity index (χ0) is 22.1. The van der Waals surface area contributed by atoms with Crippen molar-refractivity contribution in [1.29, 1.82) is 0 Å². The van der Waals surface area contributed by atoms with Crippen LogP contribution in [0.25, 0.3) is 6.08 Å². The van der Waals surface area contributed by atoms with E-state index in [1.54, 1.807) is 32.0 Å². The Hall–Kier alpha value is -3.00. The van der Waals surface area contributed by atoms with Gasteiger partial charge >= 0.3 is 6.18 Å². The number of para-hydroxylation sites is 1. The number of amides is 1. The highest BCUT2D eigenvalue weighted by atomic mass is 35.5. The summed E-state index contributed by atoms with van der Waals surface area (Å²) in [5, 5.41) is 4.40. The number of rotatable bonds is 5. The number of hydrogen-bond donors (Lipinski definition) is 0. The first-order valence-corrected chi connectivity index (χ1v) is 9.31. The molecule has 3 rings (SSSR count). The molecular formula is C21H18ClF3N2O3. The van der Waals surface area contributed by atoms with Crippen molar-refractivity contribution < 1.29 is 27.4 Å². The van der Waals surface area contributed by atoms with Crippen LogP contribution in [0.4, 0.5) is 18.9 Å². The highest BCUT2D eigenvalue weighted by molar-refractivity contribution is 6.35. The fourth-order valence-corrected chi connectivity index (χ4v) is 3.10. The molecule has 0 aliphatic carbocycles. The Morgan fingerprint density at radius 2 is 1.83 bits per heavy atom. The molecule has 0 saturated carbocycles. The molecule has 0 N–H and O–H groups in total. The second-order valence-corrected chi connectivity index (χ2v) is 7.06. The fourth-order valence-electron chi connectivity index (χ4n) is 2.84. The van der Waals surface area contributed by atoms with Gasteiger partial charge in [-0.1, -0.05) is 29.8 Å². The summed E-state index contributed by atoms with van der Waals surface area (Å²) in [6, 6.07) is 10.7. The lowest BCUT2D eigenvalue weighted by Crippen LogP contribution is -2.25. The molecule has 1 amide bonds. The molecule has 2 aromatic rings. The minimum Gasteiger partial charge on any atom is -0.493 e. The number of alkyl halides is 3. The number of hydrogen-bond acceptors (Lipinski definition) is 4. The van der Waals surface area contributed by atoms with Crippen LogP contribution in [0.1, 0.15) is 19.4 Å². The summed E-state index contributed by atoms with van der Waals surface area (Å²) in [6.45, 7) is 3.60. The SMILES string of the molecule is COc1cc(/C=C2\C(=O)N(c3ccccc3)N=C2C(F)(F)F)cc(Cl)c1OC(C)C. The van der Waals surface area contributed by atoms with Crippen molar-refractivity contribution in [2.24, 2.45) is 5.10 Å². The van der Waals surface area contributed by atoms with E-state index in [0.29, 0.717) is 0 Å². The van der Waals surface area contributed by atoms with Crippen molar-refractivity contribution >= 4 is 35.0 Å². The van der Waals surface area contributed by atoms with E-state index >= 15 is 0 Å². The van der Waals surface area contributed by atoms with E-state index < -0.39 is 23.4 Å². The Balaban J connectivity index is 2.08. The number of ether oxygens (including phenoxy) is 2. The zero-order valence-electron chi connectivity index (χ0n) is 16.3. The van der Waals surface area contributed by atoms with Gasteiger partial charge < -0.3 is 9.47 Å². The average Bonchev–Trinajstić information content (AvgIpc) is 3.01. The standard InChI is InChI=1S/C21H18ClF3N2O3/c1-12(2)30-18-16(22)10-13(11-17(18)29-3)9-15-19(21(23,24)25)26-27(20(15)28)14-7-5-4-6-8-14/h4-12H,1-3H3/b15-9-. The normalized spacial score (nSPS) is 15.7. The fraction of sp³-hybridized carbons (Fsp3) is 0.238. The van der Waals surface area contributed by atoms with Gasteiger partial charge in [-0.3, -0.25) is 4.79 Å². The summed E-state index contributed by atoms with van der Waals surface area (Å²) in [4.78, 5) is 12.8. The molecule has 0 bridgehead atoms. The lowest BCUT2D eigenvalue weighted by molar-refractivity contribution is -0.114. The van der Waals surface area contributed by atoms with E-state index in [0.717, 1.165) is 11.1 Å². The number of nitrogens with zero attached hydrogens (tertiary/aromatic N) is 2. The Morgan fingerprint density at radius 3 is 2.40 bits per heavy atom. The van der Waals surface area contributed by atoms with Crippen LogP contribution in [-0.4, -0.2) is 31.0 Å². The van der Waals surface area contributed by atoms with Crippen LogP contribution in [-0.2, 0) is 4.79 Å². The van der Waals surface area contributed by atoms with E-state index in [9.17, 15) is 18.0 Å². The summed E-state index contributed by atoms with van der Waals surface area (Å²) >= 11 is 6.25. The molecule has 0 saturated heterocycles. The molecule has 1 aliphatic rings. The van der Waals surface area contributed by atoms with Crippen LogP contribution >= 0.6 is 11.6 Å². The van der Waals surface area contributed by atoms with Gasteiger partial charge in [0, 0.05) is 0 Å². The molecule has 0 unspecified atom stereocenters. The Labute approximate surface area is 176 Å². The minimum atomic E-state index is -4.82. The maximum absolute atomic E-state index is 13.6. The van der Waals surface area contributed by atoms with Crippen LogP contribution < -0.4 is 14.5 Å². The molecule has 9 heteroatoms. The topological polar surface area (TPSA) is 51.1 Å². The van der Waals surface area contributed by atoms with E-state index in [-0.39, 0.29) is 33.9 Å². The lowest BCUT2D eigenvalue weighted by Gasteiger charge is -2.16. The summed E-state index contributed by atoms with van der Waals surface area (Å²) in [5.74, 6) is -0.394. The van der Waals surface area contributed by atoms with Gasteiger partial charge in [-0.2, -0.15) is 23.3 Å². The van der Waals surface area contributed by atoms with Crippen LogP contribution in [0, 0.1) is 0 Å². The lowest BCUT2D eigenvalue weighted by atomic mass is 10.1. The average molecular weight is 439 g/mol. The summed E-state index contributed by atoms with van der Waals surface area (Å²) in [5.41, 5.74) is -1.41. The maximum Gasteiger partial charge on any atom is 0.435 e. The monoisotopic (exact) mass is 438 g/mol. The second-order valence-electron chi connectivity index (χ2n) is 6.66. The molecule has 5 nitrogen and oxygen atoms in total. The first kappa shape index (κ1) is 21.7. The van der Waals surface area contributed by atoms with Gasteiger partial charge in [0.2, 0.25) is 0 Å². The molecule has 0 spiro atoms. The van der Waals surface area contributed by atoms with Crippen molar-refractivity contribution in [3.05, 3.63) is 58.6 Å². The third-order valence-corrected chi connectivity index (χ3v) is 4.34. The third kappa shape index (κ3) is 4.43. The number of anilines is 1. The smallest absolute Gasteiger partial charge is 0.435 e. The van der Waals surface area contributed by atoms with Gasteiger partial charge in [0.15, 0.2) is 17.2 Å². The van der Waals surface area contributed by atoms with Crippen molar-refractivity contribution in [2.75, 3.05) is 12.1 Å². The molecule has 0 atom stereocenters. The molecule has 1 aliphatic heterocycles. The van der Waals surface area contributed by atoms with Crippen molar-refractivity contribution in [3.63, 3.8) is 0 Å². The van der Waals surface area contributed by atoms with E-state index in [1.807, 2.05) is 0 Å². The molecule has 0 fully saturated rings. The Bertz CT molecular complexity index is 1020. The van der Waals surface area contributed by atoms with Gasteiger partial charge in [-0.05, 0) is 49.8 Å². The molecule has 2 aromatic carbocycles. The van der Waals surface area contributed by atoms with Gasteiger partial charge in [0.1, 0.15) is 0 Å². The van der Waals surface area contributed by atoms with Crippen LogP contribution in [0.2, 0.25) is 5.02 Å². The van der Waals surface area contributed by atoms with E-state index in [2.05, 4.69) is 5.10 Å². The predicted octanol–water partition coefficient (Wildman–Crippen LogP) is 5.48. The van der Waals surface area contributed by atoms with E-state index in [1.165, 1.54) is 31.4 Å². The number of carbonyl (C=O) groups is 1.